The second-order valence-electron chi connectivity index (χ2n) is 11.5. The van der Waals surface area contributed by atoms with E-state index >= 15 is 0 Å². The lowest BCUT2D eigenvalue weighted by Gasteiger charge is -2.44. The summed E-state index contributed by atoms with van der Waals surface area (Å²) in [4.78, 5) is 52.5. The van der Waals surface area contributed by atoms with Crippen molar-refractivity contribution in [2.45, 2.75) is 73.1 Å². The highest BCUT2D eigenvalue weighted by atomic mass is 32.2. The molecule has 0 spiro atoms. The predicted octanol–water partition coefficient (Wildman–Crippen LogP) is 2.17. The Labute approximate surface area is 275 Å². The van der Waals surface area contributed by atoms with Crippen LogP contribution in [0.1, 0.15) is 27.7 Å². The summed E-state index contributed by atoms with van der Waals surface area (Å²) in [7, 11) is 6.33. The number of amides is 4. The van der Waals surface area contributed by atoms with Gasteiger partial charge in [-0.2, -0.15) is 0 Å². The molecule has 4 unspecified atom stereocenters. The molecule has 0 N–H and O–H groups in total. The molecule has 1 saturated carbocycles. The molecule has 4 saturated heterocycles. The van der Waals surface area contributed by atoms with E-state index < -0.39 is 0 Å². The minimum atomic E-state index is -0.334. The summed E-state index contributed by atoms with van der Waals surface area (Å²) >= 11 is 5.96. The number of rotatable bonds is 10. The van der Waals surface area contributed by atoms with Crippen molar-refractivity contribution in [3.8, 4) is 0 Å². The Bertz CT molecular complexity index is 1100. The normalized spacial score (nSPS) is 30.9. The van der Waals surface area contributed by atoms with Gasteiger partial charge < -0.3 is 18.9 Å². The lowest BCUT2D eigenvalue weighted by Crippen LogP contribution is -2.58. The lowest BCUT2D eigenvalue weighted by molar-refractivity contribution is -0.141. The van der Waals surface area contributed by atoms with Crippen molar-refractivity contribution in [2.24, 2.45) is 0 Å². The fraction of sp³-hybridized carbons (Fsp3) is 0.714. The minimum Gasteiger partial charge on any atom is -0.376 e. The van der Waals surface area contributed by atoms with Gasteiger partial charge in [0.2, 0.25) is 0 Å². The van der Waals surface area contributed by atoms with Gasteiger partial charge in [-0.3, -0.25) is 39.2 Å². The van der Waals surface area contributed by atoms with Crippen LogP contribution >= 0.6 is 47.0 Å². The Morgan fingerprint density at radius 3 is 1.05 bits per heavy atom. The van der Waals surface area contributed by atoms with Crippen molar-refractivity contribution in [1.82, 2.24) is 20.0 Å². The fourth-order valence-corrected chi connectivity index (χ4v) is 13.0. The van der Waals surface area contributed by atoms with Gasteiger partial charge in [-0.15, -0.1) is 47.0 Å². The first-order valence-corrected chi connectivity index (χ1v) is 18.1. The molecule has 244 valence electrons. The maximum absolute atomic E-state index is 13.1. The van der Waals surface area contributed by atoms with Crippen molar-refractivity contribution in [1.29, 1.82) is 0 Å². The van der Waals surface area contributed by atoms with Crippen molar-refractivity contribution >= 4 is 70.7 Å². The maximum Gasteiger partial charge on any atom is 0.279 e. The van der Waals surface area contributed by atoms with Gasteiger partial charge in [-0.1, -0.05) is 0 Å². The highest BCUT2D eigenvalue weighted by Crippen LogP contribution is 2.63. The summed E-state index contributed by atoms with van der Waals surface area (Å²) < 4.78 is 26.0. The SMILES string of the molecule is CC(C)OCCOC1C2SC(=C3C(=O)N(C)N(C)C3=O)SC2C(OCCOC(C)C)C2SC(=C3C(=O)N(C)N(C)C3=O)SC12. The van der Waals surface area contributed by atoms with Crippen LogP contribution in [0.3, 0.4) is 0 Å². The Balaban J connectivity index is 1.51. The summed E-state index contributed by atoms with van der Waals surface area (Å²) in [6, 6.07) is 0. The Kier molecular flexibility index (Phi) is 10.6. The Morgan fingerprint density at radius 1 is 0.523 bits per heavy atom. The molecule has 44 heavy (non-hydrogen) atoms. The monoisotopic (exact) mass is 688 g/mol. The van der Waals surface area contributed by atoms with Crippen molar-refractivity contribution in [3.05, 3.63) is 19.6 Å². The van der Waals surface area contributed by atoms with Gasteiger partial charge in [0.05, 0.1) is 80.3 Å². The van der Waals surface area contributed by atoms with E-state index in [4.69, 9.17) is 18.9 Å². The average Bonchev–Trinajstić information content (AvgIpc) is 3.68. The first-order chi connectivity index (χ1) is 20.8. The number of thioether (sulfide) groups is 4. The molecule has 1 aliphatic carbocycles. The van der Waals surface area contributed by atoms with E-state index in [9.17, 15) is 19.2 Å². The van der Waals surface area contributed by atoms with E-state index in [-0.39, 0.29) is 80.2 Å². The number of fused-ring (bicyclic) bond motifs is 2. The summed E-state index contributed by atoms with van der Waals surface area (Å²) in [5.74, 6) is -1.34. The number of hydrogen-bond acceptors (Lipinski definition) is 12. The molecule has 5 aliphatic rings. The number of ether oxygens (including phenoxy) is 4. The second kappa shape index (κ2) is 13.8. The van der Waals surface area contributed by atoms with Crippen LogP contribution in [0.25, 0.3) is 0 Å². The molecular formula is C28H40N4O8S4. The molecule has 0 radical (unpaired) electrons. The van der Waals surface area contributed by atoms with E-state index in [2.05, 4.69) is 0 Å². The first-order valence-electron chi connectivity index (χ1n) is 14.6. The number of carbonyl (C=O) groups excluding carboxylic acids is 4. The van der Waals surface area contributed by atoms with E-state index in [1.165, 1.54) is 67.1 Å². The van der Waals surface area contributed by atoms with E-state index in [0.717, 1.165) is 0 Å². The maximum atomic E-state index is 13.1. The average molecular weight is 689 g/mol. The molecule has 0 bridgehead atoms. The van der Waals surface area contributed by atoms with Gasteiger partial charge in [0, 0.05) is 28.2 Å². The number of hydrogen-bond donors (Lipinski definition) is 0. The number of nitrogens with zero attached hydrogens (tertiary/aromatic N) is 4. The summed E-state index contributed by atoms with van der Waals surface area (Å²) in [6.07, 6.45) is -0.553. The third kappa shape index (κ3) is 6.29. The standard InChI is InChI=1S/C28H40N4O8S4/c1-13(2)37-9-11-39-17-19-21(43-27(41-19)15-23(33)29(5)30(6)24(15)34)18(40-12-10-38-14(3)4)22-20(17)42-28(44-22)16-25(35)31(7)32(8)26(16)36/h13-14,17-22H,9-12H2,1-8H3. The number of carbonyl (C=O) groups is 4. The van der Waals surface area contributed by atoms with Crippen LogP contribution in [0.4, 0.5) is 0 Å². The van der Waals surface area contributed by atoms with Crippen molar-refractivity contribution in [3.63, 3.8) is 0 Å². The van der Waals surface area contributed by atoms with Crippen LogP contribution < -0.4 is 0 Å². The highest BCUT2D eigenvalue weighted by molar-refractivity contribution is 8.27. The third-order valence-electron chi connectivity index (χ3n) is 7.94. The molecule has 4 heterocycles. The topological polar surface area (TPSA) is 118 Å². The molecule has 12 nitrogen and oxygen atoms in total. The van der Waals surface area contributed by atoms with Gasteiger partial charge in [0.25, 0.3) is 23.6 Å². The smallest absolute Gasteiger partial charge is 0.279 e. The predicted molar refractivity (Wildman–Crippen MR) is 172 cm³/mol. The van der Waals surface area contributed by atoms with Gasteiger partial charge in [0.1, 0.15) is 11.1 Å². The van der Waals surface area contributed by atoms with Crippen LogP contribution in [0.5, 0.6) is 0 Å². The Hall–Kier alpha value is -1.40. The van der Waals surface area contributed by atoms with E-state index in [1.807, 2.05) is 27.7 Å². The first kappa shape index (κ1) is 33.9. The van der Waals surface area contributed by atoms with Crippen LogP contribution in [0.2, 0.25) is 0 Å². The molecule has 5 rings (SSSR count). The highest BCUT2D eigenvalue weighted by Gasteiger charge is 2.60. The van der Waals surface area contributed by atoms with E-state index in [1.54, 1.807) is 28.2 Å². The zero-order valence-electron chi connectivity index (χ0n) is 26.1. The molecule has 0 aromatic heterocycles. The van der Waals surface area contributed by atoms with Gasteiger partial charge in [-0.05, 0) is 27.7 Å². The largest absolute Gasteiger partial charge is 0.376 e. The minimum absolute atomic E-state index is 0.0542. The van der Waals surface area contributed by atoms with Gasteiger partial charge in [-0.25, -0.2) is 0 Å². The van der Waals surface area contributed by atoms with Gasteiger partial charge >= 0.3 is 0 Å². The molecule has 4 aliphatic heterocycles. The summed E-state index contributed by atoms with van der Waals surface area (Å²) in [5.41, 5.74) is 0.342. The van der Waals surface area contributed by atoms with Crippen LogP contribution in [0, 0.1) is 0 Å². The molecule has 0 aromatic carbocycles. The third-order valence-corrected chi connectivity index (χ3v) is 14.5. The van der Waals surface area contributed by atoms with Crippen molar-refractivity contribution in [2.75, 3.05) is 54.6 Å². The van der Waals surface area contributed by atoms with E-state index in [0.29, 0.717) is 34.9 Å². The second-order valence-corrected chi connectivity index (χ2v) is 16.7. The summed E-state index contributed by atoms with van der Waals surface area (Å²) in [5, 5.41) is 4.66. The van der Waals surface area contributed by atoms with Gasteiger partial charge in [0.15, 0.2) is 0 Å². The fourth-order valence-electron chi connectivity index (χ4n) is 5.48. The Morgan fingerprint density at radius 2 is 0.795 bits per heavy atom. The quantitative estimate of drug-likeness (QED) is 0.190. The van der Waals surface area contributed by atoms with Crippen LogP contribution in [0.15, 0.2) is 19.6 Å². The molecule has 4 atom stereocenters. The van der Waals surface area contributed by atoms with Crippen LogP contribution in [-0.2, 0) is 38.1 Å². The molecule has 5 fully saturated rings. The van der Waals surface area contributed by atoms with Crippen LogP contribution in [-0.4, -0.2) is 144 Å². The molecule has 16 heteroatoms. The zero-order valence-corrected chi connectivity index (χ0v) is 29.4. The molecule has 0 aromatic rings. The lowest BCUT2D eigenvalue weighted by atomic mass is 9.92. The number of hydrazine groups is 2. The summed E-state index contributed by atoms with van der Waals surface area (Å²) in [6.45, 7) is 9.39. The number of likely N-dealkylation sites (N-methyl/N-ethyl adjacent to an activating group) is 4. The molecular weight excluding hydrogens is 649 g/mol. The zero-order chi connectivity index (χ0) is 32.0. The molecule has 4 amide bonds. The van der Waals surface area contributed by atoms with Crippen molar-refractivity contribution < 1.29 is 38.1 Å².